The van der Waals surface area contributed by atoms with Gasteiger partial charge in [-0.15, -0.1) is 5.10 Å². The highest BCUT2D eigenvalue weighted by Gasteiger charge is 2.32. The second-order valence-corrected chi connectivity index (χ2v) is 5.39. The Morgan fingerprint density at radius 3 is 3.00 bits per heavy atom. The molecule has 114 valence electrons. The number of carbonyl (C=O) groups excluding carboxylic acids is 1. The van der Waals surface area contributed by atoms with E-state index in [9.17, 15) is 19.7 Å². The number of amides is 1. The fourth-order valence-corrected chi connectivity index (χ4v) is 2.53. The number of aliphatic carboxylic acids is 1. The van der Waals surface area contributed by atoms with Gasteiger partial charge in [-0.3, -0.25) is 19.7 Å². The summed E-state index contributed by atoms with van der Waals surface area (Å²) in [4.78, 5) is 32.2. The first-order chi connectivity index (χ1) is 10.5. The molecule has 0 saturated carbocycles. The van der Waals surface area contributed by atoms with E-state index in [4.69, 9.17) is 5.11 Å². The molecule has 10 heteroatoms. The average Bonchev–Trinajstić information content (AvgIpc) is 2.78. The van der Waals surface area contributed by atoms with Gasteiger partial charge in [0, 0.05) is 17.7 Å². The van der Waals surface area contributed by atoms with Crippen LogP contribution in [0.2, 0.25) is 0 Å². The number of nitrogens with one attached hydrogen (secondary N) is 1. The normalized spacial score (nSPS) is 19.5. The highest BCUT2D eigenvalue weighted by Crippen LogP contribution is 2.22. The lowest BCUT2D eigenvalue weighted by atomic mass is 10.2. The topological polar surface area (TPSA) is 134 Å². The van der Waals surface area contributed by atoms with Crippen molar-refractivity contribution < 1.29 is 19.6 Å². The van der Waals surface area contributed by atoms with E-state index in [-0.39, 0.29) is 17.3 Å². The van der Waals surface area contributed by atoms with Crippen LogP contribution in [-0.2, 0) is 9.59 Å². The molecule has 22 heavy (non-hydrogen) atoms. The largest absolute Gasteiger partial charge is 0.481 e. The van der Waals surface area contributed by atoms with Crippen molar-refractivity contribution in [3.8, 4) is 0 Å². The Morgan fingerprint density at radius 1 is 1.55 bits per heavy atom. The van der Waals surface area contributed by atoms with Crippen LogP contribution in [-0.4, -0.2) is 38.5 Å². The summed E-state index contributed by atoms with van der Waals surface area (Å²) in [5.41, 5.74) is 0.414. The van der Waals surface area contributed by atoms with Gasteiger partial charge in [0.2, 0.25) is 5.91 Å². The molecule has 1 saturated heterocycles. The van der Waals surface area contributed by atoms with Gasteiger partial charge in [-0.25, -0.2) is 0 Å². The number of non-ortho nitro benzene ring substituents is 1. The van der Waals surface area contributed by atoms with Crippen molar-refractivity contribution in [3.05, 3.63) is 39.9 Å². The fourth-order valence-electron chi connectivity index (χ4n) is 1.61. The molecular formula is C12H10N4O5S. The molecule has 1 atom stereocenters. The Balaban J connectivity index is 2.03. The van der Waals surface area contributed by atoms with Crippen molar-refractivity contribution in [2.75, 3.05) is 0 Å². The number of carboxylic acids is 1. The molecule has 9 nitrogen and oxygen atoms in total. The van der Waals surface area contributed by atoms with E-state index in [0.29, 0.717) is 5.56 Å². The van der Waals surface area contributed by atoms with Gasteiger partial charge in [0.25, 0.3) is 5.69 Å². The number of carbonyl (C=O) groups is 2. The third kappa shape index (κ3) is 4.12. The summed E-state index contributed by atoms with van der Waals surface area (Å²) in [7, 11) is 0. The molecule has 0 aromatic heterocycles. The van der Waals surface area contributed by atoms with Crippen LogP contribution in [0.25, 0.3) is 0 Å². The molecular weight excluding hydrogens is 312 g/mol. The Labute approximate surface area is 128 Å². The minimum Gasteiger partial charge on any atom is -0.481 e. The van der Waals surface area contributed by atoms with Crippen LogP contribution in [0.5, 0.6) is 0 Å². The number of thioether (sulfide) groups is 1. The van der Waals surface area contributed by atoms with Crippen LogP contribution in [0.1, 0.15) is 12.0 Å². The quantitative estimate of drug-likeness (QED) is 0.471. The van der Waals surface area contributed by atoms with E-state index in [1.807, 2.05) is 0 Å². The van der Waals surface area contributed by atoms with E-state index >= 15 is 0 Å². The summed E-state index contributed by atoms with van der Waals surface area (Å²) >= 11 is 0.977. The van der Waals surface area contributed by atoms with Gasteiger partial charge in [-0.05, 0) is 0 Å². The Hall–Kier alpha value is -2.75. The summed E-state index contributed by atoms with van der Waals surface area (Å²) in [6.45, 7) is 0. The molecule has 0 aliphatic carbocycles. The molecule has 1 heterocycles. The summed E-state index contributed by atoms with van der Waals surface area (Å²) in [6, 6.07) is 5.82. The maximum absolute atomic E-state index is 11.5. The first-order valence-corrected chi connectivity index (χ1v) is 6.88. The zero-order valence-electron chi connectivity index (χ0n) is 11.0. The number of benzene rings is 1. The maximum Gasteiger partial charge on any atom is 0.305 e. The first kappa shape index (κ1) is 15.6. The minimum atomic E-state index is -1.08. The molecule has 1 aromatic carbocycles. The first-order valence-electron chi connectivity index (χ1n) is 6.00. The summed E-state index contributed by atoms with van der Waals surface area (Å²) in [5, 5.41) is 28.6. The number of rotatable bonds is 5. The Kier molecular flexibility index (Phi) is 4.84. The molecule has 0 bridgehead atoms. The molecule has 0 spiro atoms. The van der Waals surface area contributed by atoms with Crippen LogP contribution in [0.4, 0.5) is 5.69 Å². The highest BCUT2D eigenvalue weighted by atomic mass is 32.2. The van der Waals surface area contributed by atoms with Crippen LogP contribution < -0.4 is 5.32 Å². The van der Waals surface area contributed by atoms with Crippen molar-refractivity contribution in [2.45, 2.75) is 11.7 Å². The second-order valence-electron chi connectivity index (χ2n) is 4.20. The SMILES string of the molecule is O=C(O)CC1SC(=NN=Cc2cccc([N+](=O)[O-])c2)NC1=O. The lowest BCUT2D eigenvalue weighted by Gasteiger charge is -1.97. The smallest absolute Gasteiger partial charge is 0.305 e. The number of nitrogens with zero attached hydrogens (tertiary/aromatic N) is 3. The van der Waals surface area contributed by atoms with Crippen LogP contribution in [0.3, 0.4) is 0 Å². The molecule has 0 radical (unpaired) electrons. The highest BCUT2D eigenvalue weighted by molar-refractivity contribution is 8.15. The molecule has 1 aliphatic rings. The van der Waals surface area contributed by atoms with Crippen LogP contribution in [0.15, 0.2) is 34.5 Å². The molecule has 1 amide bonds. The standard InChI is InChI=1S/C12H10N4O5S/c17-10(18)5-9-11(19)14-12(22-9)15-13-6-7-2-1-3-8(4-7)16(20)21/h1-4,6,9H,5H2,(H,17,18)(H,14,15,19). The predicted octanol–water partition coefficient (Wildman–Crippen LogP) is 0.991. The lowest BCUT2D eigenvalue weighted by molar-refractivity contribution is -0.384. The molecule has 2 N–H and O–H groups in total. The van der Waals surface area contributed by atoms with Gasteiger partial charge in [-0.2, -0.15) is 5.10 Å². The fraction of sp³-hybridized carbons (Fsp3) is 0.167. The van der Waals surface area contributed by atoms with E-state index in [1.165, 1.54) is 24.4 Å². The van der Waals surface area contributed by atoms with Gasteiger partial charge in [0.05, 0.1) is 17.6 Å². The summed E-state index contributed by atoms with van der Waals surface area (Å²) in [5.74, 6) is -1.51. The third-order valence-electron chi connectivity index (χ3n) is 2.57. The van der Waals surface area contributed by atoms with E-state index in [0.717, 1.165) is 11.8 Å². The zero-order valence-corrected chi connectivity index (χ0v) is 11.8. The van der Waals surface area contributed by atoms with Gasteiger partial charge in [0.15, 0.2) is 5.17 Å². The molecule has 1 aromatic rings. The average molecular weight is 322 g/mol. The van der Waals surface area contributed by atoms with E-state index in [2.05, 4.69) is 15.5 Å². The molecule has 1 aliphatic heterocycles. The number of hydrogen-bond acceptors (Lipinski definition) is 7. The van der Waals surface area contributed by atoms with Crippen LogP contribution >= 0.6 is 11.8 Å². The Bertz CT molecular complexity index is 688. The monoisotopic (exact) mass is 322 g/mol. The lowest BCUT2D eigenvalue weighted by Crippen LogP contribution is -2.26. The number of hydrogen-bond donors (Lipinski definition) is 2. The van der Waals surface area contributed by atoms with Gasteiger partial charge in [0.1, 0.15) is 5.25 Å². The van der Waals surface area contributed by atoms with Crippen molar-refractivity contribution in [1.82, 2.24) is 5.32 Å². The zero-order chi connectivity index (χ0) is 16.1. The van der Waals surface area contributed by atoms with Crippen molar-refractivity contribution >= 4 is 40.7 Å². The van der Waals surface area contributed by atoms with E-state index < -0.39 is 22.0 Å². The van der Waals surface area contributed by atoms with Gasteiger partial charge < -0.3 is 10.4 Å². The molecule has 1 unspecified atom stereocenters. The minimum absolute atomic E-state index is 0.0679. The van der Waals surface area contributed by atoms with Crippen molar-refractivity contribution in [3.63, 3.8) is 0 Å². The summed E-state index contributed by atoms with van der Waals surface area (Å²) in [6.07, 6.45) is 1.00. The predicted molar refractivity (Wildman–Crippen MR) is 79.9 cm³/mol. The number of nitro groups is 1. The maximum atomic E-state index is 11.5. The van der Waals surface area contributed by atoms with E-state index in [1.54, 1.807) is 6.07 Å². The number of carboxylic acid groups (broad SMARTS) is 1. The van der Waals surface area contributed by atoms with Crippen molar-refractivity contribution in [2.24, 2.45) is 10.2 Å². The van der Waals surface area contributed by atoms with Gasteiger partial charge in [-0.1, -0.05) is 23.9 Å². The molecule has 2 rings (SSSR count). The van der Waals surface area contributed by atoms with Crippen molar-refractivity contribution in [1.29, 1.82) is 0 Å². The number of nitro benzene ring substituents is 1. The van der Waals surface area contributed by atoms with Gasteiger partial charge >= 0.3 is 5.97 Å². The Morgan fingerprint density at radius 2 is 2.32 bits per heavy atom. The third-order valence-corrected chi connectivity index (χ3v) is 3.65. The summed E-state index contributed by atoms with van der Waals surface area (Å²) < 4.78 is 0. The number of amidine groups is 1. The molecule has 1 fully saturated rings. The van der Waals surface area contributed by atoms with Crippen LogP contribution in [0, 0.1) is 10.1 Å². The second kappa shape index (κ2) is 6.80.